The minimum atomic E-state index is -0.991. The molecule has 0 radical (unpaired) electrons. The van der Waals surface area contributed by atoms with E-state index < -0.39 is 11.6 Å². The number of aliphatic hydroxyl groups is 1. The van der Waals surface area contributed by atoms with Crippen molar-refractivity contribution in [2.45, 2.75) is 25.5 Å². The van der Waals surface area contributed by atoms with E-state index in [1.54, 1.807) is 20.1 Å². The predicted octanol–water partition coefficient (Wildman–Crippen LogP) is 0.657. The van der Waals surface area contributed by atoms with Gasteiger partial charge in [0.25, 0.3) is 0 Å². The van der Waals surface area contributed by atoms with Crippen molar-refractivity contribution in [2.75, 3.05) is 20.3 Å². The number of nitrogens with one attached hydrogen (secondary N) is 1. The Morgan fingerprint density at radius 2 is 2.26 bits per heavy atom. The number of ether oxygens (including phenoxy) is 1. The molecule has 1 unspecified atom stereocenters. The van der Waals surface area contributed by atoms with E-state index in [1.807, 2.05) is 0 Å². The van der Waals surface area contributed by atoms with E-state index in [0.29, 0.717) is 26.1 Å². The lowest BCUT2D eigenvalue weighted by atomic mass is 10.0. The van der Waals surface area contributed by atoms with Gasteiger partial charge in [-0.25, -0.2) is 4.79 Å². The zero-order valence-electron chi connectivity index (χ0n) is 11.2. The fourth-order valence-corrected chi connectivity index (χ4v) is 1.53. The monoisotopic (exact) mass is 268 g/mol. The van der Waals surface area contributed by atoms with Crippen molar-refractivity contribution in [3.8, 4) is 0 Å². The molecule has 106 valence electrons. The molecular formula is C13H20N2O4. The van der Waals surface area contributed by atoms with Crippen LogP contribution in [0.25, 0.3) is 0 Å². The summed E-state index contributed by atoms with van der Waals surface area (Å²) >= 11 is 0. The highest BCUT2D eigenvalue weighted by atomic mass is 16.5. The van der Waals surface area contributed by atoms with Crippen LogP contribution in [0, 0.1) is 0 Å². The van der Waals surface area contributed by atoms with Crippen molar-refractivity contribution >= 4 is 5.97 Å². The van der Waals surface area contributed by atoms with Crippen LogP contribution in [0.3, 0.4) is 0 Å². The Morgan fingerprint density at radius 1 is 1.53 bits per heavy atom. The number of aromatic carboxylic acids is 1. The quantitative estimate of drug-likeness (QED) is 0.641. The van der Waals surface area contributed by atoms with Gasteiger partial charge in [-0.05, 0) is 19.1 Å². The summed E-state index contributed by atoms with van der Waals surface area (Å²) in [6, 6.07) is 3.16. The summed E-state index contributed by atoms with van der Waals surface area (Å²) in [5.41, 5.74) is 0.0557. The highest BCUT2D eigenvalue weighted by Crippen LogP contribution is 2.08. The van der Waals surface area contributed by atoms with Crippen molar-refractivity contribution in [3.63, 3.8) is 0 Å². The van der Waals surface area contributed by atoms with Crippen molar-refractivity contribution < 1.29 is 19.7 Å². The lowest BCUT2D eigenvalue weighted by molar-refractivity contribution is 0.0247. The molecule has 1 aromatic rings. The Hall–Kier alpha value is -1.50. The summed E-state index contributed by atoms with van der Waals surface area (Å²) < 4.78 is 4.92. The number of carboxylic acids is 1. The van der Waals surface area contributed by atoms with Gasteiger partial charge in [0.1, 0.15) is 0 Å². The van der Waals surface area contributed by atoms with Crippen molar-refractivity contribution in [2.24, 2.45) is 0 Å². The fraction of sp³-hybridized carbons (Fsp3) is 0.538. The van der Waals surface area contributed by atoms with E-state index in [-0.39, 0.29) is 5.56 Å². The van der Waals surface area contributed by atoms with Gasteiger partial charge >= 0.3 is 5.97 Å². The third-order valence-electron chi connectivity index (χ3n) is 2.73. The minimum absolute atomic E-state index is 0.163. The molecule has 0 amide bonds. The van der Waals surface area contributed by atoms with Crippen LogP contribution < -0.4 is 5.32 Å². The second kappa shape index (κ2) is 7.18. The van der Waals surface area contributed by atoms with Crippen LogP contribution in [-0.2, 0) is 11.3 Å². The third kappa shape index (κ3) is 5.78. The number of rotatable bonds is 8. The number of hydrogen-bond acceptors (Lipinski definition) is 5. The van der Waals surface area contributed by atoms with Crippen LogP contribution in [0.2, 0.25) is 0 Å². The first-order chi connectivity index (χ1) is 8.94. The molecule has 6 nitrogen and oxygen atoms in total. The normalized spacial score (nSPS) is 14.1. The SMILES string of the molecule is COCCC(C)(O)CNCc1ccc(C(=O)O)cn1. The number of nitrogens with zero attached hydrogens (tertiary/aromatic N) is 1. The van der Waals surface area contributed by atoms with Gasteiger partial charge in [0, 0.05) is 39.4 Å². The van der Waals surface area contributed by atoms with Crippen molar-refractivity contribution in [1.29, 1.82) is 0 Å². The van der Waals surface area contributed by atoms with Crippen LogP contribution >= 0.6 is 0 Å². The van der Waals surface area contributed by atoms with E-state index >= 15 is 0 Å². The van der Waals surface area contributed by atoms with Crippen LogP contribution in [0.5, 0.6) is 0 Å². The first kappa shape index (κ1) is 15.6. The van der Waals surface area contributed by atoms with E-state index in [9.17, 15) is 9.90 Å². The summed E-state index contributed by atoms with van der Waals surface area (Å²) in [4.78, 5) is 14.7. The van der Waals surface area contributed by atoms with Crippen LogP contribution in [0.15, 0.2) is 18.3 Å². The average molecular weight is 268 g/mol. The topological polar surface area (TPSA) is 91.7 Å². The summed E-state index contributed by atoms with van der Waals surface area (Å²) in [6.45, 7) is 3.13. The highest BCUT2D eigenvalue weighted by Gasteiger charge is 2.19. The van der Waals surface area contributed by atoms with E-state index in [0.717, 1.165) is 5.69 Å². The first-order valence-electron chi connectivity index (χ1n) is 6.05. The van der Waals surface area contributed by atoms with Crippen LogP contribution in [-0.4, -0.2) is 47.0 Å². The first-order valence-corrected chi connectivity index (χ1v) is 6.05. The van der Waals surface area contributed by atoms with Gasteiger partial charge in [-0.2, -0.15) is 0 Å². The highest BCUT2D eigenvalue weighted by molar-refractivity contribution is 5.87. The maximum Gasteiger partial charge on any atom is 0.337 e. The lowest BCUT2D eigenvalue weighted by Gasteiger charge is -2.23. The molecule has 1 heterocycles. The fourth-order valence-electron chi connectivity index (χ4n) is 1.53. The molecule has 1 rings (SSSR count). The number of carboxylic acid groups (broad SMARTS) is 1. The predicted molar refractivity (Wildman–Crippen MR) is 70.0 cm³/mol. The third-order valence-corrected chi connectivity index (χ3v) is 2.73. The zero-order chi connectivity index (χ0) is 14.3. The number of methoxy groups -OCH3 is 1. The Bertz CT molecular complexity index is 404. The zero-order valence-corrected chi connectivity index (χ0v) is 11.2. The minimum Gasteiger partial charge on any atom is -0.478 e. The molecule has 0 fully saturated rings. The molecule has 0 aliphatic rings. The molecule has 0 aliphatic carbocycles. The van der Waals surface area contributed by atoms with Gasteiger partial charge < -0.3 is 20.3 Å². The number of carbonyl (C=O) groups is 1. The van der Waals surface area contributed by atoms with Gasteiger partial charge in [0.2, 0.25) is 0 Å². The standard InChI is InChI=1S/C13H20N2O4/c1-13(18,5-6-19-2)9-14-8-11-4-3-10(7-15-11)12(16)17/h3-4,7,14,18H,5-6,8-9H2,1-2H3,(H,16,17). The van der Waals surface area contributed by atoms with Crippen molar-refractivity contribution in [3.05, 3.63) is 29.6 Å². The van der Waals surface area contributed by atoms with E-state index in [1.165, 1.54) is 12.3 Å². The van der Waals surface area contributed by atoms with E-state index in [4.69, 9.17) is 9.84 Å². The van der Waals surface area contributed by atoms with E-state index in [2.05, 4.69) is 10.3 Å². The lowest BCUT2D eigenvalue weighted by Crippen LogP contribution is -2.38. The molecular weight excluding hydrogens is 248 g/mol. The average Bonchev–Trinajstić information content (AvgIpc) is 2.37. The second-order valence-corrected chi connectivity index (χ2v) is 4.69. The number of aromatic nitrogens is 1. The molecule has 0 spiro atoms. The molecule has 0 aliphatic heterocycles. The molecule has 0 saturated carbocycles. The summed E-state index contributed by atoms with van der Waals surface area (Å²) in [5.74, 6) is -0.991. The molecule has 0 bridgehead atoms. The second-order valence-electron chi connectivity index (χ2n) is 4.69. The van der Waals surface area contributed by atoms with Gasteiger partial charge in [-0.3, -0.25) is 4.98 Å². The largest absolute Gasteiger partial charge is 0.478 e. The Balaban J connectivity index is 2.38. The number of pyridine rings is 1. The Morgan fingerprint density at radius 3 is 2.79 bits per heavy atom. The Kier molecular flexibility index (Phi) is 5.88. The number of hydrogen-bond donors (Lipinski definition) is 3. The summed E-state index contributed by atoms with van der Waals surface area (Å²) in [7, 11) is 1.59. The van der Waals surface area contributed by atoms with Gasteiger partial charge in [-0.1, -0.05) is 0 Å². The Labute approximate surface area is 112 Å². The summed E-state index contributed by atoms with van der Waals surface area (Å²) in [6.07, 6.45) is 1.87. The summed E-state index contributed by atoms with van der Waals surface area (Å²) in [5, 5.41) is 21.8. The van der Waals surface area contributed by atoms with Crippen LogP contribution in [0.1, 0.15) is 29.4 Å². The molecule has 1 aromatic heterocycles. The van der Waals surface area contributed by atoms with Gasteiger partial charge in [0.15, 0.2) is 0 Å². The molecule has 1 atom stereocenters. The van der Waals surface area contributed by atoms with Crippen molar-refractivity contribution in [1.82, 2.24) is 10.3 Å². The van der Waals surface area contributed by atoms with Crippen LogP contribution in [0.4, 0.5) is 0 Å². The molecule has 3 N–H and O–H groups in total. The molecule has 19 heavy (non-hydrogen) atoms. The van der Waals surface area contributed by atoms with Gasteiger partial charge in [-0.15, -0.1) is 0 Å². The molecule has 6 heteroatoms. The smallest absolute Gasteiger partial charge is 0.337 e. The maximum absolute atomic E-state index is 10.7. The molecule has 0 aromatic carbocycles. The maximum atomic E-state index is 10.7. The molecule has 0 saturated heterocycles. The van der Waals surface area contributed by atoms with Gasteiger partial charge in [0.05, 0.1) is 16.9 Å².